The zero-order chi connectivity index (χ0) is 11.5. The molecule has 1 aromatic heterocycles. The van der Waals surface area contributed by atoms with E-state index in [1.165, 1.54) is 0 Å². The molecule has 1 aromatic rings. The van der Waals surface area contributed by atoms with Gasteiger partial charge in [-0.2, -0.15) is 0 Å². The molecule has 0 amide bonds. The molecule has 1 saturated heterocycles. The fourth-order valence-corrected chi connectivity index (χ4v) is 2.55. The van der Waals surface area contributed by atoms with Crippen molar-refractivity contribution >= 4 is 33.3 Å². The third-order valence-corrected chi connectivity index (χ3v) is 3.66. The van der Waals surface area contributed by atoms with Gasteiger partial charge in [-0.05, 0) is 35.3 Å². The summed E-state index contributed by atoms with van der Waals surface area (Å²) in [5.41, 5.74) is 0. The summed E-state index contributed by atoms with van der Waals surface area (Å²) in [6, 6.07) is 2.20. The molecule has 0 aliphatic carbocycles. The molecule has 2 unspecified atom stereocenters. The van der Waals surface area contributed by atoms with Crippen molar-refractivity contribution in [2.75, 3.05) is 18.5 Å². The highest BCUT2D eigenvalue weighted by Gasteiger charge is 2.22. The second kappa shape index (κ2) is 5.34. The zero-order valence-electron chi connectivity index (χ0n) is 9.04. The summed E-state index contributed by atoms with van der Waals surface area (Å²) in [6.45, 7) is 3.85. The predicted molar refractivity (Wildman–Crippen MR) is 69.0 cm³/mol. The van der Waals surface area contributed by atoms with Crippen LogP contribution in [-0.2, 0) is 4.74 Å². The van der Waals surface area contributed by atoms with E-state index >= 15 is 0 Å². The maximum Gasteiger partial charge on any atom is 0.140 e. The molecule has 16 heavy (non-hydrogen) atoms. The minimum atomic E-state index is 0.354. The van der Waals surface area contributed by atoms with Crippen molar-refractivity contribution in [3.63, 3.8) is 0 Å². The molecule has 0 spiro atoms. The third-order valence-electron chi connectivity index (χ3n) is 2.84. The van der Waals surface area contributed by atoms with E-state index in [0.717, 1.165) is 29.9 Å². The van der Waals surface area contributed by atoms with Crippen molar-refractivity contribution in [1.82, 2.24) is 4.98 Å². The molecule has 1 aliphatic heterocycles. The maximum absolute atomic E-state index is 5.84. The summed E-state index contributed by atoms with van der Waals surface area (Å²) < 4.78 is 6.27. The van der Waals surface area contributed by atoms with Crippen LogP contribution in [0.1, 0.15) is 13.3 Å². The minimum Gasteiger partial charge on any atom is -0.381 e. The second-order valence-electron chi connectivity index (χ2n) is 4.04. The van der Waals surface area contributed by atoms with Crippen LogP contribution in [0.15, 0.2) is 16.7 Å². The van der Waals surface area contributed by atoms with E-state index in [2.05, 4.69) is 33.2 Å². The Morgan fingerprint density at radius 1 is 1.69 bits per heavy atom. The molecule has 5 heteroatoms. The summed E-state index contributed by atoms with van der Waals surface area (Å²) in [4.78, 5) is 4.26. The molecular weight excluding hydrogens is 291 g/mol. The Morgan fingerprint density at radius 3 is 3.12 bits per heavy atom. The molecular formula is C11H14BrClN2O. The van der Waals surface area contributed by atoms with E-state index in [4.69, 9.17) is 16.3 Å². The highest BCUT2D eigenvalue weighted by molar-refractivity contribution is 9.10. The van der Waals surface area contributed by atoms with Gasteiger partial charge in [-0.1, -0.05) is 11.6 Å². The van der Waals surface area contributed by atoms with Crippen LogP contribution >= 0.6 is 27.5 Å². The number of aromatic nitrogens is 1. The number of nitrogens with one attached hydrogen (secondary N) is 1. The number of halogens is 2. The molecule has 88 valence electrons. The van der Waals surface area contributed by atoms with Crippen LogP contribution in [0.4, 0.5) is 5.82 Å². The molecule has 0 aromatic carbocycles. The first kappa shape index (κ1) is 12.1. The van der Waals surface area contributed by atoms with Crippen LogP contribution in [0.3, 0.4) is 0 Å². The number of hydrogen-bond acceptors (Lipinski definition) is 3. The third kappa shape index (κ3) is 2.87. The molecule has 0 saturated carbocycles. The van der Waals surface area contributed by atoms with Crippen LogP contribution < -0.4 is 5.32 Å². The summed E-state index contributed by atoms with van der Waals surface area (Å²) >= 11 is 9.28. The van der Waals surface area contributed by atoms with E-state index in [9.17, 15) is 0 Å². The summed E-state index contributed by atoms with van der Waals surface area (Å²) in [7, 11) is 0. The molecule has 1 fully saturated rings. The average Bonchev–Trinajstić information content (AvgIpc) is 2.75. The zero-order valence-corrected chi connectivity index (χ0v) is 11.4. The predicted octanol–water partition coefficient (Wildman–Crippen LogP) is 3.33. The molecule has 0 bridgehead atoms. The van der Waals surface area contributed by atoms with Crippen molar-refractivity contribution in [2.24, 2.45) is 5.92 Å². The molecule has 2 rings (SSSR count). The average molecular weight is 306 g/mol. The maximum atomic E-state index is 5.84. The van der Waals surface area contributed by atoms with Gasteiger partial charge in [-0.3, -0.25) is 0 Å². The molecule has 2 atom stereocenters. The van der Waals surface area contributed by atoms with Gasteiger partial charge in [0.2, 0.25) is 0 Å². The molecule has 3 nitrogen and oxygen atoms in total. The number of anilines is 1. The normalized spacial score (nSPS) is 22.1. The molecule has 2 heterocycles. The Kier molecular flexibility index (Phi) is 4.05. The van der Waals surface area contributed by atoms with E-state index in [-0.39, 0.29) is 0 Å². The van der Waals surface area contributed by atoms with E-state index < -0.39 is 0 Å². The van der Waals surface area contributed by atoms with Gasteiger partial charge in [0.15, 0.2) is 0 Å². The van der Waals surface area contributed by atoms with E-state index in [1.807, 2.05) is 6.07 Å². The molecule has 1 aliphatic rings. The first-order valence-electron chi connectivity index (χ1n) is 5.32. The number of hydrogen-bond donors (Lipinski definition) is 1. The smallest absolute Gasteiger partial charge is 0.140 e. The SMILES string of the molecule is CC(Nc1ncc(Cl)cc1Br)C1CCOC1. The second-order valence-corrected chi connectivity index (χ2v) is 5.33. The summed E-state index contributed by atoms with van der Waals surface area (Å²) in [6.07, 6.45) is 2.76. The summed E-state index contributed by atoms with van der Waals surface area (Å²) in [5.74, 6) is 1.40. The van der Waals surface area contributed by atoms with Crippen LogP contribution in [0, 0.1) is 5.92 Å². The van der Waals surface area contributed by atoms with E-state index in [0.29, 0.717) is 17.0 Å². The lowest BCUT2D eigenvalue weighted by molar-refractivity contribution is 0.183. The Bertz CT molecular complexity index is 369. The molecule has 0 radical (unpaired) electrons. The first-order valence-corrected chi connectivity index (χ1v) is 6.49. The molecule has 1 N–H and O–H groups in total. The lowest BCUT2D eigenvalue weighted by Crippen LogP contribution is -2.26. The Morgan fingerprint density at radius 2 is 2.50 bits per heavy atom. The van der Waals surface area contributed by atoms with Crippen LogP contribution in [0.5, 0.6) is 0 Å². The van der Waals surface area contributed by atoms with Crippen molar-refractivity contribution < 1.29 is 4.74 Å². The summed E-state index contributed by atoms with van der Waals surface area (Å²) in [5, 5.41) is 4.02. The van der Waals surface area contributed by atoms with Crippen molar-refractivity contribution in [2.45, 2.75) is 19.4 Å². The standard InChI is InChI=1S/C11H14BrClN2O/c1-7(8-2-3-16-6-8)15-11-10(12)4-9(13)5-14-11/h4-5,7-8H,2-3,6H2,1H3,(H,14,15). The quantitative estimate of drug-likeness (QED) is 0.930. The number of ether oxygens (including phenoxy) is 1. The Hall–Kier alpha value is -0.320. The van der Waals surface area contributed by atoms with Crippen LogP contribution in [0.2, 0.25) is 5.02 Å². The van der Waals surface area contributed by atoms with Crippen molar-refractivity contribution in [3.05, 3.63) is 21.8 Å². The van der Waals surface area contributed by atoms with Gasteiger partial charge in [0.25, 0.3) is 0 Å². The number of pyridine rings is 1. The van der Waals surface area contributed by atoms with Crippen LogP contribution in [-0.4, -0.2) is 24.2 Å². The van der Waals surface area contributed by atoms with Gasteiger partial charge in [-0.25, -0.2) is 4.98 Å². The Labute approximate surface area is 109 Å². The van der Waals surface area contributed by atoms with Gasteiger partial charge in [0.05, 0.1) is 16.1 Å². The van der Waals surface area contributed by atoms with Crippen LogP contribution in [0.25, 0.3) is 0 Å². The monoisotopic (exact) mass is 304 g/mol. The van der Waals surface area contributed by atoms with Gasteiger partial charge in [-0.15, -0.1) is 0 Å². The minimum absolute atomic E-state index is 0.354. The van der Waals surface area contributed by atoms with Gasteiger partial charge in [0, 0.05) is 24.8 Å². The Balaban J connectivity index is 2.02. The van der Waals surface area contributed by atoms with Gasteiger partial charge in [0.1, 0.15) is 5.82 Å². The van der Waals surface area contributed by atoms with Gasteiger partial charge < -0.3 is 10.1 Å². The highest BCUT2D eigenvalue weighted by atomic mass is 79.9. The fraction of sp³-hybridized carbons (Fsp3) is 0.545. The highest BCUT2D eigenvalue weighted by Crippen LogP contribution is 2.26. The lowest BCUT2D eigenvalue weighted by atomic mass is 10.0. The van der Waals surface area contributed by atoms with Gasteiger partial charge >= 0.3 is 0 Å². The largest absolute Gasteiger partial charge is 0.381 e. The first-order chi connectivity index (χ1) is 7.66. The fourth-order valence-electron chi connectivity index (χ4n) is 1.80. The lowest BCUT2D eigenvalue weighted by Gasteiger charge is -2.20. The topological polar surface area (TPSA) is 34.2 Å². The van der Waals surface area contributed by atoms with E-state index in [1.54, 1.807) is 6.20 Å². The number of rotatable bonds is 3. The van der Waals surface area contributed by atoms with Crippen molar-refractivity contribution in [1.29, 1.82) is 0 Å². The van der Waals surface area contributed by atoms with Crippen molar-refractivity contribution in [3.8, 4) is 0 Å². The number of nitrogens with zero attached hydrogens (tertiary/aromatic N) is 1.